The Labute approximate surface area is 734 Å². The van der Waals surface area contributed by atoms with Crippen molar-refractivity contribution in [3.8, 4) is 94.0 Å². The van der Waals surface area contributed by atoms with E-state index in [1.807, 2.05) is 48.5 Å². The van der Waals surface area contributed by atoms with Gasteiger partial charge in [-0.2, -0.15) is 0 Å². The third kappa shape index (κ3) is 30.6. The molecular formula is C94H100BBr3O12S6. The van der Waals surface area contributed by atoms with Gasteiger partial charge in [0.15, 0.2) is 0 Å². The quantitative estimate of drug-likeness (QED) is 0.00958. The second kappa shape index (κ2) is 48.6. The van der Waals surface area contributed by atoms with Gasteiger partial charge in [0, 0.05) is 73.4 Å². The summed E-state index contributed by atoms with van der Waals surface area (Å²) in [4.78, 5) is 47.3. The van der Waals surface area contributed by atoms with Gasteiger partial charge in [0.2, 0.25) is 0 Å². The molecule has 12 rings (SSSR count). The molecule has 0 radical (unpaired) electrons. The van der Waals surface area contributed by atoms with Crippen molar-refractivity contribution in [2.75, 3.05) is 18.5 Å². The van der Waals surface area contributed by atoms with E-state index in [-0.39, 0.29) is 53.8 Å². The number of benzene rings is 5. The molecule has 1 aliphatic heterocycles. The van der Waals surface area contributed by atoms with Gasteiger partial charge in [-0.15, -0.1) is 68.0 Å². The van der Waals surface area contributed by atoms with Crippen molar-refractivity contribution in [2.45, 2.75) is 141 Å². The molecule has 0 aliphatic carbocycles. The first-order valence-electron chi connectivity index (χ1n) is 38.2. The molecule has 116 heavy (non-hydrogen) atoms. The summed E-state index contributed by atoms with van der Waals surface area (Å²) in [5.41, 5.74) is 6.35. The van der Waals surface area contributed by atoms with Gasteiger partial charge in [0.05, 0.1) is 32.0 Å². The fourth-order valence-electron chi connectivity index (χ4n) is 11.0. The second-order valence-electron chi connectivity index (χ2n) is 27.6. The predicted octanol–water partition coefficient (Wildman–Crippen LogP) is 28.0. The molecule has 1 saturated heterocycles. The number of carbonyl (C=O) groups excluding carboxylic acids is 3. The van der Waals surface area contributed by atoms with E-state index in [1.54, 1.807) is 129 Å². The Balaban J connectivity index is 0.000000208. The smallest absolute Gasteiger partial charge is 0.494 e. The maximum atomic E-state index is 11.9. The number of hydrogen-bond donors (Lipinski definition) is 2. The lowest BCUT2D eigenvalue weighted by Crippen LogP contribution is -2.41. The average molecular weight is 1860 g/mol. The van der Waals surface area contributed by atoms with Crippen molar-refractivity contribution < 1.29 is 57.6 Å². The van der Waals surface area contributed by atoms with Crippen molar-refractivity contribution in [1.82, 2.24) is 0 Å². The number of carbonyl (C=O) groups is 3. The lowest BCUT2D eigenvalue weighted by Gasteiger charge is -2.32. The molecule has 7 heterocycles. The summed E-state index contributed by atoms with van der Waals surface area (Å²) in [5.74, 6) is 1.61. The van der Waals surface area contributed by atoms with Crippen molar-refractivity contribution in [3.05, 3.63) is 283 Å². The first-order chi connectivity index (χ1) is 55.9. The minimum absolute atomic E-state index is 0.177. The number of halogens is 3. The van der Waals surface area contributed by atoms with Crippen LogP contribution in [0.1, 0.15) is 110 Å². The SMILES string of the molecule is Brc1ccc(-c2ccc(Br)s2)s1.C=CC(C=C)OC(=O)CCCCCBr.C=CC(C=C)OC(=O)CCCCCOc1ccc(-c2ccc(-c3ccc(-c4ccc(OCCCCCC(=O)OC(C=C)C=C)cc4)s3)s2)cc1.Cc1ccc(B2OC(C)(C)C(C)(C)O2)cc1.Oc1ccc(-c2ccc(-c3ccc(-c4ccc(O)cc4)s3)s2)cc1. The van der Waals surface area contributed by atoms with Gasteiger partial charge in [-0.25, -0.2) is 0 Å². The van der Waals surface area contributed by atoms with Crippen LogP contribution in [0, 0.1) is 6.92 Å². The molecule has 0 saturated carbocycles. The van der Waals surface area contributed by atoms with Crippen LogP contribution in [0.25, 0.3) is 71.0 Å². The van der Waals surface area contributed by atoms with E-state index in [0.29, 0.717) is 32.5 Å². The van der Waals surface area contributed by atoms with Gasteiger partial charge in [0.1, 0.15) is 41.3 Å². The summed E-state index contributed by atoms with van der Waals surface area (Å²) in [6, 6.07) is 64.9. The van der Waals surface area contributed by atoms with Crippen molar-refractivity contribution in [2.24, 2.45) is 0 Å². The molecule has 0 atom stereocenters. The lowest BCUT2D eigenvalue weighted by atomic mass is 9.79. The maximum absolute atomic E-state index is 11.9. The van der Waals surface area contributed by atoms with E-state index in [4.69, 9.17) is 33.0 Å². The Morgan fingerprint density at radius 3 is 0.940 bits per heavy atom. The van der Waals surface area contributed by atoms with Gasteiger partial charge in [0.25, 0.3) is 0 Å². The first-order valence-corrected chi connectivity index (χ1v) is 45.8. The summed E-state index contributed by atoms with van der Waals surface area (Å²) < 4.78 is 41.7. The highest BCUT2D eigenvalue weighted by atomic mass is 79.9. The summed E-state index contributed by atoms with van der Waals surface area (Å²) in [6.07, 6.45) is 17.4. The van der Waals surface area contributed by atoms with Crippen LogP contribution >= 0.6 is 116 Å². The predicted molar refractivity (Wildman–Crippen MR) is 501 cm³/mol. The number of alkyl halides is 1. The van der Waals surface area contributed by atoms with Crippen LogP contribution in [-0.4, -0.2) is 83.3 Å². The molecule has 2 N–H and O–H groups in total. The molecule has 0 spiro atoms. The van der Waals surface area contributed by atoms with E-state index < -0.39 is 12.2 Å². The molecule has 0 unspecified atom stereocenters. The number of hydrogen-bond acceptors (Lipinski definition) is 18. The molecule has 608 valence electrons. The van der Waals surface area contributed by atoms with E-state index in [0.717, 1.165) is 102 Å². The molecule has 0 bridgehead atoms. The maximum Gasteiger partial charge on any atom is 0.494 e. The molecule has 11 aromatic rings. The highest BCUT2D eigenvalue weighted by Gasteiger charge is 2.51. The van der Waals surface area contributed by atoms with Crippen molar-refractivity contribution in [1.29, 1.82) is 0 Å². The number of esters is 3. The normalized spacial score (nSPS) is 12.3. The van der Waals surface area contributed by atoms with Gasteiger partial charge in [-0.1, -0.05) is 91.7 Å². The molecule has 6 aromatic heterocycles. The number of aromatic hydroxyl groups is 2. The van der Waals surface area contributed by atoms with E-state index in [2.05, 4.69) is 243 Å². The zero-order chi connectivity index (χ0) is 83.4. The molecule has 1 aliphatic rings. The van der Waals surface area contributed by atoms with Gasteiger partial charge in [-0.3, -0.25) is 14.4 Å². The number of thiophene rings is 6. The molecule has 5 aromatic carbocycles. The highest BCUT2D eigenvalue weighted by Crippen LogP contribution is 2.44. The Kier molecular flexibility index (Phi) is 39.1. The molecule has 1 fully saturated rings. The van der Waals surface area contributed by atoms with Crippen LogP contribution in [0.2, 0.25) is 0 Å². The van der Waals surface area contributed by atoms with Crippen LogP contribution in [-0.2, 0) is 37.9 Å². The number of aryl methyl sites for hydroxylation is 1. The highest BCUT2D eigenvalue weighted by molar-refractivity contribution is 9.11. The summed E-state index contributed by atoms with van der Waals surface area (Å²) in [7, 11) is -0.245. The number of phenolic OH excluding ortho intramolecular Hbond substituents is 2. The lowest BCUT2D eigenvalue weighted by molar-refractivity contribution is -0.146. The Bertz CT molecular complexity index is 4590. The number of unbranched alkanes of at least 4 members (excludes halogenated alkanes) is 6. The first kappa shape index (κ1) is 93.3. The van der Waals surface area contributed by atoms with Crippen LogP contribution < -0.4 is 14.9 Å². The van der Waals surface area contributed by atoms with Crippen LogP contribution in [0.3, 0.4) is 0 Å². The molecule has 0 amide bonds. The second-order valence-corrected chi connectivity index (χ2v) is 37.7. The minimum Gasteiger partial charge on any atom is -0.508 e. The van der Waals surface area contributed by atoms with Crippen LogP contribution in [0.15, 0.2) is 278 Å². The van der Waals surface area contributed by atoms with Crippen LogP contribution in [0.4, 0.5) is 0 Å². The molecule has 12 nitrogen and oxygen atoms in total. The zero-order valence-corrected chi connectivity index (χ0v) is 75.8. The van der Waals surface area contributed by atoms with Gasteiger partial charge < -0.3 is 43.2 Å². The fraction of sp³-hybridized carbons (Fsp3) is 0.266. The van der Waals surface area contributed by atoms with Crippen molar-refractivity contribution in [3.63, 3.8) is 0 Å². The molecule has 22 heteroatoms. The Morgan fingerprint density at radius 2 is 0.655 bits per heavy atom. The number of ether oxygens (including phenoxy) is 5. The van der Waals surface area contributed by atoms with E-state index >= 15 is 0 Å². The number of phenols is 2. The summed E-state index contributed by atoms with van der Waals surface area (Å²) in [6.45, 7) is 33.1. The third-order valence-electron chi connectivity index (χ3n) is 18.3. The largest absolute Gasteiger partial charge is 0.508 e. The standard InChI is InChI=1S/C42H46O6S2.C20H14O2S2.C13H19BO2.C11H17BrO2.C8H4Br2S2/c1-5-33(6-2)47-41(43)15-11-9-13-29-45-35-21-17-31(18-22-35)37-25-27-39(49-37)40-28-26-38(50-40)32-19-23-36(24-20-32)46-30-14-10-12-16-42(44)48-34(7-3)8-4;21-15-5-1-13(2-6-15)17-9-11-19(23-17)20-12-10-18(24-20)14-3-7-16(22)8-4-14;1-10-6-8-11(9-7-10)14-15-12(2,3)13(4,5)16-14;1-3-10(4-2)14-11(13)8-6-5-7-9-12;9-7-3-1-5(11-7)6-2-4-8(10)12-6/h5-8,17-28,33-34H,1-4,9-16,29-30H2;1-12,21-22H;6-9H,1-5H3;3-4,10H,1-2,5-9H2;1-4H. The summed E-state index contributed by atoms with van der Waals surface area (Å²) in [5, 5.41) is 19.8. The van der Waals surface area contributed by atoms with Crippen LogP contribution in [0.5, 0.6) is 23.0 Å². The third-order valence-corrected chi connectivity index (χ3v) is 27.2. The van der Waals surface area contributed by atoms with E-state index in [1.165, 1.54) is 61.9 Å². The minimum atomic E-state index is -0.426. The monoisotopic (exact) mass is 1860 g/mol. The summed E-state index contributed by atoms with van der Waals surface area (Å²) >= 11 is 20.8. The average Bonchev–Trinajstić information content (AvgIpc) is 1.51. The van der Waals surface area contributed by atoms with Gasteiger partial charge >= 0.3 is 25.0 Å². The van der Waals surface area contributed by atoms with Crippen molar-refractivity contribution >= 4 is 146 Å². The Hall–Kier alpha value is -8.23. The van der Waals surface area contributed by atoms with Gasteiger partial charge in [-0.05, 0) is 352 Å². The Morgan fingerprint density at radius 1 is 0.379 bits per heavy atom. The number of rotatable bonds is 36. The fourth-order valence-corrected chi connectivity index (χ4v) is 18.5. The topological polar surface area (TPSA) is 156 Å². The van der Waals surface area contributed by atoms with E-state index in [9.17, 15) is 24.6 Å². The zero-order valence-electron chi connectivity index (χ0n) is 66.2. The molecular weight excluding hydrogens is 1760 g/mol.